The van der Waals surface area contributed by atoms with Gasteiger partial charge in [0, 0.05) is 25.7 Å². The van der Waals surface area contributed by atoms with Crippen molar-refractivity contribution >= 4 is 39.5 Å². The average Bonchev–Trinajstić information content (AvgIpc) is 0.954. The molecule has 0 saturated carbocycles. The highest BCUT2D eigenvalue weighted by Gasteiger charge is 2.30. The largest absolute Gasteiger partial charge is 0.472 e. The van der Waals surface area contributed by atoms with E-state index in [9.17, 15) is 43.2 Å². The van der Waals surface area contributed by atoms with E-state index < -0.39 is 97.5 Å². The van der Waals surface area contributed by atoms with E-state index in [0.717, 1.165) is 108 Å². The molecule has 3 N–H and O–H groups in total. The molecule has 0 aromatic rings. The Morgan fingerprint density at radius 2 is 0.505 bits per heavy atom. The molecular formula is C82H160O17P2. The van der Waals surface area contributed by atoms with Gasteiger partial charge in [-0.1, -0.05) is 376 Å². The van der Waals surface area contributed by atoms with Crippen LogP contribution in [0.15, 0.2) is 0 Å². The van der Waals surface area contributed by atoms with E-state index >= 15 is 0 Å². The zero-order chi connectivity index (χ0) is 74.4. The standard InChI is InChI=1S/C82H160O17P2/c1-8-11-12-13-14-15-16-17-24-30-35-44-51-58-65-81(86)99-78(70-93-80(85)64-57-50-43-38-37-39-46-53-60-73(4)5)72-97-101(90,91)95-68-76(83)67-94-100(88,89)96-71-77(98-82(87)66-59-52-45-36-31-26-21-19-23-28-33-41-48-55-62-75(7)10-3)69-92-79(84)63-56-49-42-34-29-25-20-18-22-27-32-40-47-54-61-74(6)9-2/h73-78,83H,8-72H2,1-7H3,(H,88,89)(H,90,91)/t74?,75?,76-,77-,78-/m1/s1. The van der Waals surface area contributed by atoms with Crippen molar-refractivity contribution in [1.82, 2.24) is 0 Å². The maximum absolute atomic E-state index is 13.1. The third kappa shape index (κ3) is 73.4. The summed E-state index contributed by atoms with van der Waals surface area (Å²) >= 11 is 0. The highest BCUT2D eigenvalue weighted by Crippen LogP contribution is 2.45. The minimum Gasteiger partial charge on any atom is -0.462 e. The van der Waals surface area contributed by atoms with Gasteiger partial charge in [0.05, 0.1) is 26.4 Å². The molecular weight excluding hydrogens is 1320 g/mol. The number of phosphoric ester groups is 2. The normalized spacial score (nSPS) is 14.5. The topological polar surface area (TPSA) is 237 Å². The number of carbonyl (C=O) groups is 4. The minimum atomic E-state index is -4.96. The van der Waals surface area contributed by atoms with Crippen molar-refractivity contribution in [2.24, 2.45) is 17.8 Å². The molecule has 0 heterocycles. The van der Waals surface area contributed by atoms with Gasteiger partial charge in [0.25, 0.3) is 0 Å². The van der Waals surface area contributed by atoms with Crippen LogP contribution in [0.5, 0.6) is 0 Å². The third-order valence-electron chi connectivity index (χ3n) is 19.9. The van der Waals surface area contributed by atoms with Gasteiger partial charge in [-0.25, -0.2) is 9.13 Å². The first-order chi connectivity index (χ1) is 48.8. The molecule has 0 aliphatic carbocycles. The van der Waals surface area contributed by atoms with Crippen LogP contribution >= 0.6 is 15.6 Å². The van der Waals surface area contributed by atoms with Gasteiger partial charge in [-0.3, -0.25) is 37.3 Å². The molecule has 0 spiro atoms. The lowest BCUT2D eigenvalue weighted by atomic mass is 9.99. The van der Waals surface area contributed by atoms with Gasteiger partial charge in [-0.15, -0.1) is 0 Å². The van der Waals surface area contributed by atoms with Crippen LogP contribution in [0.3, 0.4) is 0 Å². The number of aliphatic hydroxyl groups is 1. The number of unbranched alkanes of at least 4 members (excludes halogenated alkanes) is 46. The van der Waals surface area contributed by atoms with Crippen LogP contribution in [-0.2, 0) is 65.4 Å². The number of phosphoric acid groups is 2. The van der Waals surface area contributed by atoms with E-state index in [2.05, 4.69) is 48.5 Å². The Morgan fingerprint density at radius 3 is 0.752 bits per heavy atom. The van der Waals surface area contributed by atoms with Crippen LogP contribution in [0.1, 0.15) is 427 Å². The predicted octanol–water partition coefficient (Wildman–Crippen LogP) is 24.5. The quantitative estimate of drug-likeness (QED) is 0.0222. The van der Waals surface area contributed by atoms with Crippen molar-refractivity contribution in [3.63, 3.8) is 0 Å². The Morgan fingerprint density at radius 1 is 0.287 bits per heavy atom. The van der Waals surface area contributed by atoms with Gasteiger partial charge in [0.1, 0.15) is 19.3 Å². The highest BCUT2D eigenvalue weighted by molar-refractivity contribution is 7.47. The van der Waals surface area contributed by atoms with Gasteiger partial charge in [0.2, 0.25) is 0 Å². The number of carbonyl (C=O) groups excluding carboxylic acids is 4. The predicted molar refractivity (Wildman–Crippen MR) is 414 cm³/mol. The monoisotopic (exact) mass is 1480 g/mol. The minimum absolute atomic E-state index is 0.107. The number of hydrogen-bond acceptors (Lipinski definition) is 15. The third-order valence-corrected chi connectivity index (χ3v) is 21.8. The maximum atomic E-state index is 13.1. The zero-order valence-electron chi connectivity index (χ0n) is 66.4. The second-order valence-electron chi connectivity index (χ2n) is 30.5. The van der Waals surface area contributed by atoms with Crippen molar-refractivity contribution in [3.8, 4) is 0 Å². The van der Waals surface area contributed by atoms with Crippen LogP contribution in [0.4, 0.5) is 0 Å². The molecule has 0 aliphatic rings. The summed E-state index contributed by atoms with van der Waals surface area (Å²) in [7, 11) is -9.92. The molecule has 0 bridgehead atoms. The average molecular weight is 1480 g/mol. The van der Waals surface area contributed by atoms with E-state index in [-0.39, 0.29) is 25.7 Å². The van der Waals surface area contributed by atoms with E-state index in [1.165, 1.54) is 238 Å². The second-order valence-corrected chi connectivity index (χ2v) is 33.4. The van der Waals surface area contributed by atoms with Crippen molar-refractivity contribution < 1.29 is 80.2 Å². The van der Waals surface area contributed by atoms with Crippen molar-refractivity contribution in [2.45, 2.75) is 446 Å². The van der Waals surface area contributed by atoms with Crippen molar-refractivity contribution in [1.29, 1.82) is 0 Å². The van der Waals surface area contributed by atoms with Gasteiger partial charge in [0.15, 0.2) is 12.2 Å². The highest BCUT2D eigenvalue weighted by atomic mass is 31.2. The number of esters is 4. The Kier molecular flexibility index (Phi) is 70.9. The maximum Gasteiger partial charge on any atom is 0.472 e. The van der Waals surface area contributed by atoms with Crippen LogP contribution in [0.25, 0.3) is 0 Å². The van der Waals surface area contributed by atoms with Gasteiger partial charge >= 0.3 is 39.5 Å². The summed E-state index contributed by atoms with van der Waals surface area (Å²) in [5.41, 5.74) is 0. The van der Waals surface area contributed by atoms with Crippen molar-refractivity contribution in [2.75, 3.05) is 39.6 Å². The summed E-state index contributed by atoms with van der Waals surface area (Å²) in [4.78, 5) is 73.1. The smallest absolute Gasteiger partial charge is 0.462 e. The van der Waals surface area contributed by atoms with Crippen molar-refractivity contribution in [3.05, 3.63) is 0 Å². The molecule has 0 aromatic heterocycles. The lowest BCUT2D eigenvalue weighted by molar-refractivity contribution is -0.161. The van der Waals surface area contributed by atoms with Gasteiger partial charge in [-0.05, 0) is 43.4 Å². The lowest BCUT2D eigenvalue weighted by Gasteiger charge is -2.21. The lowest BCUT2D eigenvalue weighted by Crippen LogP contribution is -2.30. The summed E-state index contributed by atoms with van der Waals surface area (Å²) in [6.45, 7) is 12.0. The molecule has 4 unspecified atom stereocenters. The van der Waals surface area contributed by atoms with Crippen LogP contribution < -0.4 is 0 Å². The molecule has 19 heteroatoms. The summed E-state index contributed by atoms with van der Waals surface area (Å²) in [5.74, 6) is 0.314. The summed E-state index contributed by atoms with van der Waals surface area (Å²) < 4.78 is 68.8. The molecule has 0 rings (SSSR count). The van der Waals surface area contributed by atoms with E-state index in [4.69, 9.17) is 37.0 Å². The summed E-state index contributed by atoms with van der Waals surface area (Å²) in [6, 6.07) is 0. The Balaban J connectivity index is 5.26. The van der Waals surface area contributed by atoms with E-state index in [1.807, 2.05) is 0 Å². The van der Waals surface area contributed by atoms with Crippen LogP contribution in [0.2, 0.25) is 0 Å². The summed E-state index contributed by atoms with van der Waals surface area (Å²) in [6.07, 6.45) is 60.9. The molecule has 0 aromatic carbocycles. The molecule has 0 fully saturated rings. The first kappa shape index (κ1) is 99.1. The van der Waals surface area contributed by atoms with E-state index in [1.54, 1.807) is 0 Å². The summed E-state index contributed by atoms with van der Waals surface area (Å²) in [5, 5.41) is 10.7. The first-order valence-corrected chi connectivity index (χ1v) is 45.4. The number of ether oxygens (including phenoxy) is 4. The second kappa shape index (κ2) is 72.3. The molecule has 600 valence electrons. The Bertz CT molecular complexity index is 1960. The van der Waals surface area contributed by atoms with Gasteiger partial charge < -0.3 is 33.8 Å². The number of aliphatic hydroxyl groups excluding tert-OH is 1. The molecule has 0 amide bonds. The molecule has 101 heavy (non-hydrogen) atoms. The molecule has 0 radical (unpaired) electrons. The van der Waals surface area contributed by atoms with E-state index in [0.29, 0.717) is 25.7 Å². The number of hydrogen-bond donors (Lipinski definition) is 3. The molecule has 7 atom stereocenters. The molecule has 0 saturated heterocycles. The molecule has 17 nitrogen and oxygen atoms in total. The van der Waals surface area contributed by atoms with Crippen LogP contribution in [0, 0.1) is 17.8 Å². The van der Waals surface area contributed by atoms with Gasteiger partial charge in [-0.2, -0.15) is 0 Å². The Hall–Kier alpha value is -1.94. The first-order valence-electron chi connectivity index (χ1n) is 42.4. The molecule has 0 aliphatic heterocycles. The fraction of sp³-hybridized carbons (Fsp3) is 0.951. The zero-order valence-corrected chi connectivity index (χ0v) is 68.2. The SMILES string of the molecule is CCCCCCCCCCCCCCCCC(=O)O[C@H](COC(=O)CCCCCCCCCCC(C)C)COP(=O)(O)OC[C@H](O)COP(=O)(O)OC[C@@H](COC(=O)CCCCCCCCCCCCCCCCC(C)CC)OC(=O)CCCCCCCCCCCCCCCCC(C)CC. The fourth-order valence-electron chi connectivity index (χ4n) is 12.6. The number of rotatable bonds is 80. The fourth-order valence-corrected chi connectivity index (χ4v) is 14.2. The van der Waals surface area contributed by atoms with Crippen LogP contribution in [-0.4, -0.2) is 96.7 Å². The Labute approximate surface area is 619 Å².